The van der Waals surface area contributed by atoms with Gasteiger partial charge in [0.1, 0.15) is 6.04 Å². The third-order valence-electron chi connectivity index (χ3n) is 5.81. The first-order valence-electron chi connectivity index (χ1n) is 11.5. The molecule has 1 aliphatic rings. The molecule has 8 nitrogen and oxygen atoms in total. The summed E-state index contributed by atoms with van der Waals surface area (Å²) in [5.74, 6) is -0.688. The van der Waals surface area contributed by atoms with Crippen molar-refractivity contribution >= 4 is 21.8 Å². The Hall–Kier alpha value is -1.97. The van der Waals surface area contributed by atoms with Crippen LogP contribution in [0.1, 0.15) is 57.8 Å². The maximum absolute atomic E-state index is 13.1. The van der Waals surface area contributed by atoms with Gasteiger partial charge in [-0.1, -0.05) is 33.8 Å². The number of nitrogens with zero attached hydrogens (tertiary/aromatic N) is 2. The van der Waals surface area contributed by atoms with Crippen LogP contribution in [0.25, 0.3) is 0 Å². The number of nitrogens with one attached hydrogen (secondary N) is 1. The maximum atomic E-state index is 13.1. The van der Waals surface area contributed by atoms with Crippen molar-refractivity contribution in [3.05, 3.63) is 29.8 Å². The third kappa shape index (κ3) is 6.30. The fraction of sp³-hybridized carbons (Fsp3) is 0.652. The van der Waals surface area contributed by atoms with Crippen molar-refractivity contribution in [1.29, 1.82) is 0 Å². The highest BCUT2D eigenvalue weighted by molar-refractivity contribution is 7.89. The van der Waals surface area contributed by atoms with Crippen LogP contribution in [0.4, 0.5) is 0 Å². The Morgan fingerprint density at radius 3 is 2.31 bits per heavy atom. The fourth-order valence-corrected chi connectivity index (χ4v) is 5.43. The molecule has 180 valence electrons. The zero-order valence-electron chi connectivity index (χ0n) is 19.8. The highest BCUT2D eigenvalue weighted by atomic mass is 32.2. The monoisotopic (exact) mass is 467 g/mol. The summed E-state index contributed by atoms with van der Waals surface area (Å²) in [5.41, 5.74) is 0.215. The first-order valence-corrected chi connectivity index (χ1v) is 12.9. The van der Waals surface area contributed by atoms with Gasteiger partial charge in [-0.2, -0.15) is 4.31 Å². The summed E-state index contributed by atoms with van der Waals surface area (Å²) in [6.45, 7) is 11.8. The molecule has 1 heterocycles. The molecule has 0 bridgehead atoms. The topological polar surface area (TPSA) is 96.0 Å². The van der Waals surface area contributed by atoms with Crippen molar-refractivity contribution in [2.75, 3.05) is 32.8 Å². The molecule has 9 heteroatoms. The van der Waals surface area contributed by atoms with Crippen molar-refractivity contribution in [3.8, 4) is 0 Å². The molecule has 1 aliphatic heterocycles. The Balaban J connectivity index is 2.14. The van der Waals surface area contributed by atoms with E-state index in [1.165, 1.54) is 16.4 Å². The molecule has 0 spiro atoms. The van der Waals surface area contributed by atoms with Gasteiger partial charge in [0, 0.05) is 38.3 Å². The van der Waals surface area contributed by atoms with Gasteiger partial charge in [-0.15, -0.1) is 0 Å². The second-order valence-corrected chi connectivity index (χ2v) is 10.2. The largest absolute Gasteiger partial charge is 0.378 e. The first-order chi connectivity index (χ1) is 15.1. The summed E-state index contributed by atoms with van der Waals surface area (Å²) < 4.78 is 32.6. The van der Waals surface area contributed by atoms with E-state index in [-0.39, 0.29) is 28.4 Å². The molecule has 0 saturated carbocycles. The molecule has 1 atom stereocenters. The van der Waals surface area contributed by atoms with E-state index in [2.05, 4.69) is 5.32 Å². The van der Waals surface area contributed by atoms with Gasteiger partial charge in [-0.05, 0) is 43.9 Å². The van der Waals surface area contributed by atoms with Crippen LogP contribution in [0.5, 0.6) is 0 Å². The zero-order chi connectivity index (χ0) is 23.9. The number of rotatable bonds is 10. The van der Waals surface area contributed by atoms with Gasteiger partial charge in [-0.25, -0.2) is 8.42 Å². The Bertz CT molecular complexity index is 875. The number of carbonyl (C=O) groups is 2. The normalized spacial score (nSPS) is 16.4. The molecule has 2 amide bonds. The zero-order valence-corrected chi connectivity index (χ0v) is 20.7. The summed E-state index contributed by atoms with van der Waals surface area (Å²) in [4.78, 5) is 27.9. The Kier molecular flexibility index (Phi) is 9.66. The quantitative estimate of drug-likeness (QED) is 0.570. The van der Waals surface area contributed by atoms with Crippen LogP contribution in [-0.2, 0) is 19.6 Å². The van der Waals surface area contributed by atoms with E-state index in [9.17, 15) is 18.0 Å². The van der Waals surface area contributed by atoms with E-state index in [4.69, 9.17) is 4.74 Å². The van der Waals surface area contributed by atoms with Crippen molar-refractivity contribution < 1.29 is 22.7 Å². The summed E-state index contributed by atoms with van der Waals surface area (Å²) in [5, 5.41) is 2.83. The number of benzene rings is 1. The Morgan fingerprint density at radius 1 is 1.16 bits per heavy atom. The van der Waals surface area contributed by atoms with Crippen LogP contribution in [0.15, 0.2) is 29.2 Å². The average Bonchev–Trinajstić information content (AvgIpc) is 2.78. The summed E-state index contributed by atoms with van der Waals surface area (Å²) in [6, 6.07) is 5.28. The molecular weight excluding hydrogens is 430 g/mol. The standard InChI is InChI=1S/C23H37N3O5S/c1-6-26(7-2)32(29,30)20-11-9-10-18(16-20)22(27)24-21(17(4)5)23(28)25-14-12-19(13-15-25)31-8-3/h9-11,16-17,19,21H,6-8,12-15H2,1-5H3,(H,24,27). The second kappa shape index (κ2) is 11.8. The molecule has 1 N–H and O–H groups in total. The predicted molar refractivity (Wildman–Crippen MR) is 124 cm³/mol. The van der Waals surface area contributed by atoms with Crippen molar-refractivity contribution in [2.45, 2.75) is 64.5 Å². The predicted octanol–water partition coefficient (Wildman–Crippen LogP) is 2.50. The molecule has 0 aliphatic carbocycles. The van der Waals surface area contributed by atoms with Crippen LogP contribution >= 0.6 is 0 Å². The number of hydrogen-bond donors (Lipinski definition) is 1. The van der Waals surface area contributed by atoms with Gasteiger partial charge in [0.25, 0.3) is 5.91 Å². The molecule has 0 radical (unpaired) electrons. The van der Waals surface area contributed by atoms with Gasteiger partial charge in [0.05, 0.1) is 11.0 Å². The molecule has 1 unspecified atom stereocenters. The fourth-order valence-electron chi connectivity index (χ4n) is 3.92. The van der Waals surface area contributed by atoms with Gasteiger partial charge in [-0.3, -0.25) is 9.59 Å². The second-order valence-electron chi connectivity index (χ2n) is 8.29. The molecule has 2 rings (SSSR count). The van der Waals surface area contributed by atoms with Crippen molar-refractivity contribution in [2.24, 2.45) is 5.92 Å². The van der Waals surface area contributed by atoms with Gasteiger partial charge >= 0.3 is 0 Å². The van der Waals surface area contributed by atoms with Crippen molar-refractivity contribution in [1.82, 2.24) is 14.5 Å². The van der Waals surface area contributed by atoms with E-state index < -0.39 is 22.0 Å². The van der Waals surface area contributed by atoms with Crippen LogP contribution in [0.2, 0.25) is 0 Å². The van der Waals surface area contributed by atoms with Crippen LogP contribution in [0.3, 0.4) is 0 Å². The van der Waals surface area contributed by atoms with Crippen molar-refractivity contribution in [3.63, 3.8) is 0 Å². The third-order valence-corrected chi connectivity index (χ3v) is 7.86. The molecule has 1 fully saturated rings. The molecular formula is C23H37N3O5S. The number of likely N-dealkylation sites (tertiary alicyclic amines) is 1. The molecule has 1 aromatic carbocycles. The van der Waals surface area contributed by atoms with Gasteiger partial charge in [0.2, 0.25) is 15.9 Å². The number of amides is 2. The minimum Gasteiger partial charge on any atom is -0.378 e. The lowest BCUT2D eigenvalue weighted by atomic mass is 10.00. The molecule has 0 aromatic heterocycles. The van der Waals surface area contributed by atoms with E-state index >= 15 is 0 Å². The van der Waals surface area contributed by atoms with Gasteiger partial charge < -0.3 is 15.0 Å². The first kappa shape index (κ1) is 26.3. The maximum Gasteiger partial charge on any atom is 0.251 e. The number of ether oxygens (including phenoxy) is 1. The molecule has 1 aromatic rings. The number of carbonyl (C=O) groups excluding carboxylic acids is 2. The number of hydrogen-bond acceptors (Lipinski definition) is 5. The molecule has 32 heavy (non-hydrogen) atoms. The minimum atomic E-state index is -3.68. The number of piperidine rings is 1. The van der Waals surface area contributed by atoms with E-state index in [1.54, 1.807) is 30.9 Å². The highest BCUT2D eigenvalue weighted by Crippen LogP contribution is 2.19. The SMILES string of the molecule is CCOC1CCN(C(=O)C(NC(=O)c2cccc(S(=O)(=O)N(CC)CC)c2)C(C)C)CC1. The van der Waals surface area contributed by atoms with Gasteiger partial charge in [0.15, 0.2) is 0 Å². The van der Waals surface area contributed by atoms with Crippen LogP contribution in [0, 0.1) is 5.92 Å². The number of sulfonamides is 1. The Morgan fingerprint density at radius 2 is 1.78 bits per heavy atom. The lowest BCUT2D eigenvalue weighted by Gasteiger charge is -2.35. The lowest BCUT2D eigenvalue weighted by Crippen LogP contribution is -2.53. The van der Waals surface area contributed by atoms with Crippen LogP contribution in [-0.4, -0.2) is 74.4 Å². The smallest absolute Gasteiger partial charge is 0.251 e. The minimum absolute atomic E-state index is 0.0688. The Labute approximate surface area is 192 Å². The van der Waals surface area contributed by atoms with E-state index in [1.807, 2.05) is 20.8 Å². The van der Waals surface area contributed by atoms with E-state index in [0.717, 1.165) is 12.8 Å². The molecule has 1 saturated heterocycles. The summed E-state index contributed by atoms with van der Waals surface area (Å²) in [7, 11) is -3.68. The summed E-state index contributed by atoms with van der Waals surface area (Å²) >= 11 is 0. The lowest BCUT2D eigenvalue weighted by molar-refractivity contribution is -0.136. The van der Waals surface area contributed by atoms with E-state index in [0.29, 0.717) is 32.8 Å². The highest BCUT2D eigenvalue weighted by Gasteiger charge is 2.32. The summed E-state index contributed by atoms with van der Waals surface area (Å²) in [6.07, 6.45) is 1.74. The van der Waals surface area contributed by atoms with Crippen LogP contribution < -0.4 is 5.32 Å². The average molecular weight is 468 g/mol.